The number of anilines is 1. The van der Waals surface area contributed by atoms with Crippen molar-refractivity contribution in [2.24, 2.45) is 0 Å². The predicted molar refractivity (Wildman–Crippen MR) is 102 cm³/mol. The molecule has 0 aliphatic carbocycles. The standard InChI is InChI=1S/C21H24N2O4/c1-14-7-6-10-18(15(14)2)22-20(25)19-11-17(24)12-23(19)21(26)27-13-16-8-4-3-5-9-16/h3-10,17,19,24H,11-13H2,1-2H3,(H,22,25)/t17-,19-/m1/s1. The molecule has 2 amide bonds. The lowest BCUT2D eigenvalue weighted by atomic mass is 10.1. The van der Waals surface area contributed by atoms with Crippen molar-refractivity contribution >= 4 is 17.7 Å². The van der Waals surface area contributed by atoms with Crippen LogP contribution in [0.3, 0.4) is 0 Å². The van der Waals surface area contributed by atoms with E-state index in [1.165, 1.54) is 4.90 Å². The Balaban J connectivity index is 1.66. The van der Waals surface area contributed by atoms with Gasteiger partial charge in [-0.05, 0) is 36.6 Å². The normalized spacial score (nSPS) is 19.0. The van der Waals surface area contributed by atoms with Crippen LogP contribution in [-0.2, 0) is 16.1 Å². The van der Waals surface area contributed by atoms with Gasteiger partial charge in [0.1, 0.15) is 12.6 Å². The van der Waals surface area contributed by atoms with Crippen molar-refractivity contribution in [2.45, 2.75) is 39.0 Å². The number of hydrogen-bond donors (Lipinski definition) is 2. The Morgan fingerprint density at radius 1 is 1.15 bits per heavy atom. The van der Waals surface area contributed by atoms with Crippen molar-refractivity contribution < 1.29 is 19.4 Å². The van der Waals surface area contributed by atoms with Gasteiger partial charge >= 0.3 is 6.09 Å². The van der Waals surface area contributed by atoms with Crippen LogP contribution in [0.25, 0.3) is 0 Å². The average Bonchev–Trinajstić information content (AvgIpc) is 3.06. The summed E-state index contributed by atoms with van der Waals surface area (Å²) in [7, 11) is 0. The van der Waals surface area contributed by atoms with Crippen LogP contribution in [0.15, 0.2) is 48.5 Å². The summed E-state index contributed by atoms with van der Waals surface area (Å²) in [6.45, 7) is 4.11. The summed E-state index contributed by atoms with van der Waals surface area (Å²) >= 11 is 0. The number of nitrogens with zero attached hydrogens (tertiary/aromatic N) is 1. The molecule has 0 spiro atoms. The molecule has 0 saturated carbocycles. The monoisotopic (exact) mass is 368 g/mol. The van der Waals surface area contributed by atoms with Gasteiger partial charge in [0.15, 0.2) is 0 Å². The lowest BCUT2D eigenvalue weighted by molar-refractivity contribution is -0.120. The molecule has 27 heavy (non-hydrogen) atoms. The number of ether oxygens (including phenoxy) is 1. The zero-order valence-electron chi connectivity index (χ0n) is 15.5. The molecule has 6 heteroatoms. The van der Waals surface area contributed by atoms with E-state index in [1.54, 1.807) is 0 Å². The van der Waals surface area contributed by atoms with Crippen LogP contribution in [0.1, 0.15) is 23.1 Å². The smallest absolute Gasteiger partial charge is 0.410 e. The van der Waals surface area contributed by atoms with Gasteiger partial charge in [-0.3, -0.25) is 9.69 Å². The van der Waals surface area contributed by atoms with Gasteiger partial charge in [-0.2, -0.15) is 0 Å². The lowest BCUT2D eigenvalue weighted by Gasteiger charge is -2.23. The SMILES string of the molecule is Cc1cccc(NC(=O)[C@H]2C[C@@H](O)CN2C(=O)OCc2ccccc2)c1C. The van der Waals surface area contributed by atoms with Crippen LogP contribution in [-0.4, -0.2) is 40.7 Å². The first-order chi connectivity index (χ1) is 13.0. The van der Waals surface area contributed by atoms with Crippen molar-refractivity contribution in [1.29, 1.82) is 0 Å². The van der Waals surface area contributed by atoms with Gasteiger partial charge in [-0.15, -0.1) is 0 Å². The fourth-order valence-electron chi connectivity index (χ4n) is 3.17. The van der Waals surface area contributed by atoms with E-state index < -0.39 is 18.2 Å². The van der Waals surface area contributed by atoms with Crippen LogP contribution in [0, 0.1) is 13.8 Å². The molecule has 6 nitrogen and oxygen atoms in total. The van der Waals surface area contributed by atoms with Crippen LogP contribution < -0.4 is 5.32 Å². The number of hydrogen-bond acceptors (Lipinski definition) is 4. The minimum Gasteiger partial charge on any atom is -0.445 e. The molecule has 0 bridgehead atoms. The first-order valence-electron chi connectivity index (χ1n) is 8.98. The van der Waals surface area contributed by atoms with E-state index in [1.807, 2.05) is 62.4 Å². The molecular weight excluding hydrogens is 344 g/mol. The first kappa shape index (κ1) is 18.9. The van der Waals surface area contributed by atoms with Gasteiger partial charge in [-0.25, -0.2) is 4.79 Å². The average molecular weight is 368 g/mol. The maximum Gasteiger partial charge on any atom is 0.410 e. The number of likely N-dealkylation sites (tertiary alicyclic amines) is 1. The number of carbonyl (C=O) groups excluding carboxylic acids is 2. The summed E-state index contributed by atoms with van der Waals surface area (Å²) in [5.41, 5.74) is 3.61. The highest BCUT2D eigenvalue weighted by atomic mass is 16.6. The maximum absolute atomic E-state index is 12.7. The number of rotatable bonds is 4. The molecule has 2 N–H and O–H groups in total. The molecule has 0 radical (unpaired) electrons. The van der Waals surface area contributed by atoms with E-state index in [-0.39, 0.29) is 25.5 Å². The summed E-state index contributed by atoms with van der Waals surface area (Å²) in [5, 5.41) is 12.9. The second-order valence-corrected chi connectivity index (χ2v) is 6.83. The molecule has 1 aliphatic rings. The molecule has 2 aromatic rings. The Morgan fingerprint density at radius 3 is 2.63 bits per heavy atom. The van der Waals surface area contributed by atoms with Crippen molar-refractivity contribution in [2.75, 3.05) is 11.9 Å². The zero-order chi connectivity index (χ0) is 19.4. The van der Waals surface area contributed by atoms with Crippen molar-refractivity contribution in [3.8, 4) is 0 Å². The number of benzene rings is 2. The highest BCUT2D eigenvalue weighted by Crippen LogP contribution is 2.23. The van der Waals surface area contributed by atoms with Crippen molar-refractivity contribution in [1.82, 2.24) is 4.90 Å². The summed E-state index contributed by atoms with van der Waals surface area (Å²) in [5.74, 6) is -0.322. The van der Waals surface area contributed by atoms with Crippen LogP contribution in [0.5, 0.6) is 0 Å². The van der Waals surface area contributed by atoms with E-state index in [0.717, 1.165) is 16.7 Å². The maximum atomic E-state index is 12.7. The van der Waals surface area contributed by atoms with Gasteiger partial charge in [-0.1, -0.05) is 42.5 Å². The molecule has 1 saturated heterocycles. The van der Waals surface area contributed by atoms with Gasteiger partial charge in [0.05, 0.1) is 12.6 Å². The van der Waals surface area contributed by atoms with E-state index >= 15 is 0 Å². The number of amides is 2. The highest BCUT2D eigenvalue weighted by Gasteiger charge is 2.40. The van der Waals surface area contributed by atoms with Gasteiger partial charge in [0.25, 0.3) is 0 Å². The predicted octanol–water partition coefficient (Wildman–Crippen LogP) is 3.01. The van der Waals surface area contributed by atoms with Crippen LogP contribution >= 0.6 is 0 Å². The quantitative estimate of drug-likeness (QED) is 0.870. The third-order valence-corrected chi connectivity index (χ3v) is 4.88. The van der Waals surface area contributed by atoms with Gasteiger partial charge < -0.3 is 15.2 Å². The lowest BCUT2D eigenvalue weighted by Crippen LogP contribution is -2.43. The molecule has 1 fully saturated rings. The van der Waals surface area contributed by atoms with Gasteiger partial charge in [0, 0.05) is 12.1 Å². The second kappa shape index (κ2) is 8.22. The topological polar surface area (TPSA) is 78.9 Å². The number of aliphatic hydroxyl groups is 1. The number of β-amino-alcohol motifs (C(OH)–C–C–N with tert-alkyl or cyclic N) is 1. The number of carbonyl (C=O) groups is 2. The first-order valence-corrected chi connectivity index (χ1v) is 8.98. The molecule has 1 aliphatic heterocycles. The number of aliphatic hydroxyl groups excluding tert-OH is 1. The number of aryl methyl sites for hydroxylation is 1. The Bertz CT molecular complexity index is 822. The molecule has 0 aromatic heterocycles. The summed E-state index contributed by atoms with van der Waals surface area (Å²) < 4.78 is 5.33. The van der Waals surface area contributed by atoms with E-state index in [0.29, 0.717) is 5.69 Å². The fourth-order valence-corrected chi connectivity index (χ4v) is 3.17. The third-order valence-electron chi connectivity index (χ3n) is 4.88. The summed E-state index contributed by atoms with van der Waals surface area (Å²) in [6, 6.07) is 14.2. The van der Waals surface area contributed by atoms with Crippen molar-refractivity contribution in [3.63, 3.8) is 0 Å². The molecule has 1 heterocycles. The third kappa shape index (κ3) is 4.46. The van der Waals surface area contributed by atoms with E-state index in [9.17, 15) is 14.7 Å². The van der Waals surface area contributed by atoms with E-state index in [4.69, 9.17) is 4.74 Å². The van der Waals surface area contributed by atoms with Crippen LogP contribution in [0.4, 0.5) is 10.5 Å². The summed E-state index contributed by atoms with van der Waals surface area (Å²) in [4.78, 5) is 26.5. The van der Waals surface area contributed by atoms with Gasteiger partial charge in [0.2, 0.25) is 5.91 Å². The molecule has 3 rings (SSSR count). The Kier molecular flexibility index (Phi) is 5.76. The highest BCUT2D eigenvalue weighted by molar-refractivity contribution is 5.97. The zero-order valence-corrected chi connectivity index (χ0v) is 15.5. The molecule has 142 valence electrons. The van der Waals surface area contributed by atoms with E-state index in [2.05, 4.69) is 5.32 Å². The number of nitrogens with one attached hydrogen (secondary N) is 1. The minimum atomic E-state index is -0.761. The molecular formula is C21H24N2O4. The molecule has 0 unspecified atom stereocenters. The largest absolute Gasteiger partial charge is 0.445 e. The Hall–Kier alpha value is -2.86. The molecule has 2 atom stereocenters. The van der Waals surface area contributed by atoms with Crippen molar-refractivity contribution in [3.05, 3.63) is 65.2 Å². The Morgan fingerprint density at radius 2 is 1.89 bits per heavy atom. The Labute approximate surface area is 158 Å². The second-order valence-electron chi connectivity index (χ2n) is 6.83. The van der Waals surface area contributed by atoms with Crippen LogP contribution in [0.2, 0.25) is 0 Å². The fraction of sp³-hybridized carbons (Fsp3) is 0.333. The molecule has 2 aromatic carbocycles. The summed E-state index contributed by atoms with van der Waals surface area (Å²) in [6.07, 6.45) is -1.16. The minimum absolute atomic E-state index is 0.0819.